The van der Waals surface area contributed by atoms with Crippen LogP contribution in [0.2, 0.25) is 0 Å². The SMILES string of the molecule is C/C(C#N)=N/OS(=O)(=O)c1ccc(C)cc1. The van der Waals surface area contributed by atoms with Crippen LogP contribution in [0.15, 0.2) is 34.3 Å². The topological polar surface area (TPSA) is 79.5 Å². The van der Waals surface area contributed by atoms with Crippen LogP contribution >= 0.6 is 0 Å². The van der Waals surface area contributed by atoms with Crippen molar-refractivity contribution in [1.29, 1.82) is 5.26 Å². The van der Waals surface area contributed by atoms with Gasteiger partial charge in [-0.3, -0.25) is 4.28 Å². The Bertz CT molecular complexity index is 538. The second-order valence-electron chi connectivity index (χ2n) is 3.13. The molecule has 0 spiro atoms. The molecule has 0 aromatic heterocycles. The fourth-order valence-corrected chi connectivity index (χ4v) is 1.64. The Morgan fingerprint density at radius 1 is 1.38 bits per heavy atom. The van der Waals surface area contributed by atoms with Crippen molar-refractivity contribution in [3.05, 3.63) is 29.8 Å². The van der Waals surface area contributed by atoms with Crippen LogP contribution in [-0.4, -0.2) is 14.1 Å². The van der Waals surface area contributed by atoms with Crippen LogP contribution < -0.4 is 0 Å². The first kappa shape index (κ1) is 12.2. The van der Waals surface area contributed by atoms with E-state index in [1.165, 1.54) is 19.1 Å². The summed E-state index contributed by atoms with van der Waals surface area (Å²) in [5, 5.41) is 11.6. The van der Waals surface area contributed by atoms with Crippen molar-refractivity contribution < 1.29 is 12.7 Å². The summed E-state index contributed by atoms with van der Waals surface area (Å²) < 4.78 is 27.4. The molecule has 0 saturated carbocycles. The number of benzene rings is 1. The van der Waals surface area contributed by atoms with Gasteiger partial charge in [-0.1, -0.05) is 22.9 Å². The van der Waals surface area contributed by atoms with Crippen LogP contribution in [0.25, 0.3) is 0 Å². The second-order valence-corrected chi connectivity index (χ2v) is 4.66. The lowest BCUT2D eigenvalue weighted by Gasteiger charge is -2.01. The normalized spacial score (nSPS) is 11.9. The van der Waals surface area contributed by atoms with Gasteiger partial charge in [-0.15, -0.1) is 0 Å². The Hall–Kier alpha value is -1.87. The van der Waals surface area contributed by atoms with Crippen molar-refractivity contribution in [1.82, 2.24) is 0 Å². The van der Waals surface area contributed by atoms with Crippen LogP contribution in [0, 0.1) is 18.3 Å². The highest BCUT2D eigenvalue weighted by molar-refractivity contribution is 7.86. The summed E-state index contributed by atoms with van der Waals surface area (Å²) in [7, 11) is -3.92. The lowest BCUT2D eigenvalue weighted by Crippen LogP contribution is -2.03. The van der Waals surface area contributed by atoms with Gasteiger partial charge in [-0.05, 0) is 26.0 Å². The van der Waals surface area contributed by atoms with E-state index in [4.69, 9.17) is 5.26 Å². The summed E-state index contributed by atoms with van der Waals surface area (Å²) in [6.45, 7) is 3.19. The summed E-state index contributed by atoms with van der Waals surface area (Å²) in [6, 6.07) is 7.80. The van der Waals surface area contributed by atoms with Crippen molar-refractivity contribution in [3.63, 3.8) is 0 Å². The van der Waals surface area contributed by atoms with E-state index in [-0.39, 0.29) is 10.6 Å². The molecule has 0 saturated heterocycles. The molecule has 6 heteroatoms. The number of oxime groups is 1. The second kappa shape index (κ2) is 4.77. The zero-order chi connectivity index (χ0) is 12.2. The summed E-state index contributed by atoms with van der Waals surface area (Å²) >= 11 is 0. The maximum Gasteiger partial charge on any atom is 0.358 e. The van der Waals surface area contributed by atoms with Gasteiger partial charge in [0.25, 0.3) is 0 Å². The number of nitriles is 1. The molecule has 16 heavy (non-hydrogen) atoms. The molecule has 0 N–H and O–H groups in total. The van der Waals surface area contributed by atoms with Crippen LogP contribution in [0.3, 0.4) is 0 Å². The van der Waals surface area contributed by atoms with E-state index in [9.17, 15) is 8.42 Å². The Balaban J connectivity index is 2.96. The number of rotatable bonds is 3. The van der Waals surface area contributed by atoms with Crippen LogP contribution in [0.1, 0.15) is 12.5 Å². The highest BCUT2D eigenvalue weighted by Crippen LogP contribution is 2.13. The van der Waals surface area contributed by atoms with Crippen molar-refractivity contribution in [2.24, 2.45) is 5.16 Å². The number of hydrogen-bond acceptors (Lipinski definition) is 5. The summed E-state index contributed by atoms with van der Waals surface area (Å²) in [5.41, 5.74) is 0.881. The predicted octanol–water partition coefficient (Wildman–Crippen LogP) is 1.60. The van der Waals surface area contributed by atoms with Gasteiger partial charge in [0.1, 0.15) is 11.0 Å². The molecule has 84 valence electrons. The van der Waals surface area contributed by atoms with E-state index < -0.39 is 10.1 Å². The molecule has 1 rings (SSSR count). The van der Waals surface area contributed by atoms with Gasteiger partial charge in [-0.2, -0.15) is 13.7 Å². The maximum atomic E-state index is 11.5. The lowest BCUT2D eigenvalue weighted by atomic mass is 10.2. The van der Waals surface area contributed by atoms with Crippen molar-refractivity contribution in [2.75, 3.05) is 0 Å². The molecule has 0 bridgehead atoms. The first-order valence-corrected chi connectivity index (χ1v) is 5.81. The smallest absolute Gasteiger partial charge is 0.264 e. The molecule has 0 atom stereocenters. The molecule has 1 aromatic carbocycles. The van der Waals surface area contributed by atoms with Gasteiger partial charge >= 0.3 is 10.1 Å². The van der Waals surface area contributed by atoms with E-state index in [1.807, 2.05) is 6.92 Å². The number of nitrogens with zero attached hydrogens (tertiary/aromatic N) is 2. The standard InChI is InChI=1S/C10H10N2O3S/c1-8-3-5-10(6-4-8)16(13,14)15-12-9(2)7-11/h3-6H,1-2H3/b12-9-. The molecule has 0 unspecified atom stereocenters. The molecule has 1 aromatic rings. The minimum absolute atomic E-state index is 0.00703. The Morgan fingerprint density at radius 3 is 2.44 bits per heavy atom. The van der Waals surface area contributed by atoms with Gasteiger partial charge in [0.2, 0.25) is 0 Å². The monoisotopic (exact) mass is 238 g/mol. The van der Waals surface area contributed by atoms with E-state index in [1.54, 1.807) is 18.2 Å². The quantitative estimate of drug-likeness (QED) is 0.591. The fourth-order valence-electron chi connectivity index (χ4n) is 0.873. The van der Waals surface area contributed by atoms with Gasteiger partial charge < -0.3 is 0 Å². The zero-order valence-electron chi connectivity index (χ0n) is 8.84. The molecule has 0 radical (unpaired) electrons. The van der Waals surface area contributed by atoms with Crippen molar-refractivity contribution in [2.45, 2.75) is 18.7 Å². The first-order chi connectivity index (χ1) is 7.45. The number of aryl methyl sites for hydroxylation is 1. The van der Waals surface area contributed by atoms with Gasteiger partial charge in [0.15, 0.2) is 5.71 Å². The van der Waals surface area contributed by atoms with Gasteiger partial charge in [-0.25, -0.2) is 0 Å². The first-order valence-electron chi connectivity index (χ1n) is 4.41. The molecular formula is C10H10N2O3S. The minimum atomic E-state index is -3.92. The average molecular weight is 238 g/mol. The lowest BCUT2D eigenvalue weighted by molar-refractivity contribution is 0.339. The minimum Gasteiger partial charge on any atom is -0.264 e. The van der Waals surface area contributed by atoms with E-state index in [0.29, 0.717) is 0 Å². The van der Waals surface area contributed by atoms with Crippen molar-refractivity contribution >= 4 is 15.8 Å². The number of hydrogen-bond donors (Lipinski definition) is 0. The summed E-state index contributed by atoms with van der Waals surface area (Å²) in [6.07, 6.45) is 0. The van der Waals surface area contributed by atoms with E-state index >= 15 is 0 Å². The fraction of sp³-hybridized carbons (Fsp3) is 0.200. The Kier molecular flexibility index (Phi) is 3.64. The van der Waals surface area contributed by atoms with E-state index in [2.05, 4.69) is 9.44 Å². The third kappa shape index (κ3) is 3.07. The molecule has 0 heterocycles. The average Bonchev–Trinajstić information content (AvgIpc) is 2.26. The highest BCUT2D eigenvalue weighted by atomic mass is 32.2. The van der Waals surface area contributed by atoms with Crippen molar-refractivity contribution in [3.8, 4) is 6.07 Å². The third-order valence-electron chi connectivity index (χ3n) is 1.74. The zero-order valence-corrected chi connectivity index (χ0v) is 9.65. The van der Waals surface area contributed by atoms with Gasteiger partial charge in [0.05, 0.1) is 0 Å². The molecule has 0 aliphatic rings. The molecular weight excluding hydrogens is 228 g/mol. The van der Waals surface area contributed by atoms with Gasteiger partial charge in [0, 0.05) is 0 Å². The summed E-state index contributed by atoms with van der Waals surface area (Å²) in [5.74, 6) is 0. The maximum absolute atomic E-state index is 11.5. The Labute approximate surface area is 94.1 Å². The molecule has 5 nitrogen and oxygen atoms in total. The molecule has 0 aliphatic carbocycles. The third-order valence-corrected chi connectivity index (χ3v) is 2.86. The van der Waals surface area contributed by atoms with Crippen LogP contribution in [-0.2, 0) is 14.4 Å². The van der Waals surface area contributed by atoms with E-state index in [0.717, 1.165) is 5.56 Å². The molecule has 0 aliphatic heterocycles. The summed E-state index contributed by atoms with van der Waals surface area (Å²) in [4.78, 5) is 0.00703. The molecule has 0 amide bonds. The van der Waals surface area contributed by atoms with Crippen LogP contribution in [0.4, 0.5) is 0 Å². The molecule has 0 fully saturated rings. The van der Waals surface area contributed by atoms with Crippen LogP contribution in [0.5, 0.6) is 0 Å². The largest absolute Gasteiger partial charge is 0.358 e. The highest BCUT2D eigenvalue weighted by Gasteiger charge is 2.15. The Morgan fingerprint density at radius 2 is 1.94 bits per heavy atom. The predicted molar refractivity (Wildman–Crippen MR) is 58.2 cm³/mol.